The van der Waals surface area contributed by atoms with E-state index in [1.165, 1.54) is 12.1 Å². The molecule has 0 bridgehead atoms. The van der Waals surface area contributed by atoms with Gasteiger partial charge >= 0.3 is 12.6 Å². The Morgan fingerprint density at radius 3 is 2.60 bits per heavy atom. The molecule has 0 radical (unpaired) electrons. The number of Topliss-reactive ketones (excluding diaryl/α,β-unsaturated/α-hetero) is 1. The summed E-state index contributed by atoms with van der Waals surface area (Å²) in [6.45, 7) is -1.23. The number of carbonyl (C=O) groups excluding carboxylic acids is 2. The van der Waals surface area contributed by atoms with Gasteiger partial charge in [-0.15, -0.1) is 0 Å². The van der Waals surface area contributed by atoms with Crippen molar-refractivity contribution in [1.82, 2.24) is 0 Å². The summed E-state index contributed by atoms with van der Waals surface area (Å²) in [4.78, 5) is 22.9. The smallest absolute Gasteiger partial charge is 0.387 e. The van der Waals surface area contributed by atoms with E-state index in [9.17, 15) is 18.4 Å². The van der Waals surface area contributed by atoms with Gasteiger partial charge in [0.25, 0.3) is 0 Å². The minimum Gasteiger partial charge on any atom is -0.462 e. The first-order valence-corrected chi connectivity index (χ1v) is 6.92. The van der Waals surface area contributed by atoms with Crippen LogP contribution in [0.2, 0.25) is 0 Å². The van der Waals surface area contributed by atoms with Crippen molar-refractivity contribution >= 4 is 27.7 Å². The second-order valence-corrected chi connectivity index (χ2v) is 4.33. The van der Waals surface area contributed by atoms with Gasteiger partial charge in [-0.25, -0.2) is 4.79 Å². The maximum atomic E-state index is 12.4. The Kier molecular flexibility index (Phi) is 6.57. The lowest BCUT2D eigenvalue weighted by Gasteiger charge is -2.11. The second kappa shape index (κ2) is 7.94. The van der Waals surface area contributed by atoms with Crippen LogP contribution in [-0.2, 0) is 16.0 Å². The molecular weight excluding hydrogens is 338 g/mol. The zero-order valence-corrected chi connectivity index (χ0v) is 12.3. The van der Waals surface area contributed by atoms with E-state index in [-0.39, 0.29) is 35.5 Å². The third-order valence-corrected chi connectivity index (χ3v) is 2.96. The number of rotatable bonds is 7. The molecule has 20 heavy (non-hydrogen) atoms. The Balaban J connectivity index is 3.05. The number of carbonyl (C=O) groups is 2. The van der Waals surface area contributed by atoms with Crippen molar-refractivity contribution in [3.63, 3.8) is 0 Å². The van der Waals surface area contributed by atoms with Gasteiger partial charge in [0.2, 0.25) is 0 Å². The molecule has 0 atom stereocenters. The molecule has 0 aliphatic carbocycles. The van der Waals surface area contributed by atoms with E-state index in [1.54, 1.807) is 6.92 Å². The molecule has 0 saturated carbocycles. The monoisotopic (exact) mass is 350 g/mol. The molecule has 0 heterocycles. The number of benzene rings is 1. The van der Waals surface area contributed by atoms with Gasteiger partial charge in [-0.05, 0) is 19.1 Å². The minimum absolute atomic E-state index is 0.0591. The molecule has 1 rings (SSSR count). The maximum absolute atomic E-state index is 12.4. The molecule has 1 aromatic rings. The molecule has 0 fully saturated rings. The van der Waals surface area contributed by atoms with Crippen LogP contribution in [0.1, 0.15) is 22.8 Å². The molecule has 7 heteroatoms. The largest absolute Gasteiger partial charge is 0.462 e. The third kappa shape index (κ3) is 4.88. The summed E-state index contributed by atoms with van der Waals surface area (Å²) in [6.07, 6.45) is -0.0591. The number of hydrogen-bond acceptors (Lipinski definition) is 4. The molecule has 110 valence electrons. The van der Waals surface area contributed by atoms with E-state index in [0.29, 0.717) is 5.56 Å². The highest BCUT2D eigenvalue weighted by Gasteiger charge is 2.16. The predicted octanol–water partition coefficient (Wildman–Crippen LogP) is 2.97. The normalized spacial score (nSPS) is 10.4. The fourth-order valence-corrected chi connectivity index (χ4v) is 1.71. The van der Waals surface area contributed by atoms with Crippen molar-refractivity contribution in [3.8, 4) is 5.75 Å². The summed E-state index contributed by atoms with van der Waals surface area (Å²) >= 11 is 2.99. The number of halogens is 3. The lowest BCUT2D eigenvalue weighted by Crippen LogP contribution is -2.11. The van der Waals surface area contributed by atoms with Crippen molar-refractivity contribution in [3.05, 3.63) is 29.3 Å². The van der Waals surface area contributed by atoms with Crippen LogP contribution in [-0.4, -0.2) is 30.3 Å². The van der Waals surface area contributed by atoms with E-state index < -0.39 is 12.6 Å². The number of hydrogen-bond donors (Lipinski definition) is 0. The Hall–Kier alpha value is -1.50. The van der Waals surface area contributed by atoms with Crippen LogP contribution in [0.5, 0.6) is 5.75 Å². The Bertz CT molecular complexity index is 491. The molecule has 0 N–H and O–H groups in total. The average Bonchev–Trinajstić information content (AvgIpc) is 2.40. The first kappa shape index (κ1) is 16.6. The summed E-state index contributed by atoms with van der Waals surface area (Å²) in [5.74, 6) is -1.02. The predicted molar refractivity (Wildman–Crippen MR) is 71.5 cm³/mol. The van der Waals surface area contributed by atoms with E-state index in [2.05, 4.69) is 20.7 Å². The van der Waals surface area contributed by atoms with Crippen molar-refractivity contribution in [2.45, 2.75) is 20.0 Å². The summed E-state index contributed by atoms with van der Waals surface area (Å²) in [5, 5.41) is 0.112. The number of ether oxygens (including phenoxy) is 2. The van der Waals surface area contributed by atoms with E-state index in [1.807, 2.05) is 0 Å². The van der Waals surface area contributed by atoms with Gasteiger partial charge in [-0.1, -0.05) is 22.0 Å². The first-order chi connectivity index (χ1) is 9.47. The van der Waals surface area contributed by atoms with Gasteiger partial charge in [0.1, 0.15) is 11.5 Å². The van der Waals surface area contributed by atoms with E-state index in [0.717, 1.165) is 6.07 Å². The van der Waals surface area contributed by atoms with Gasteiger partial charge in [0.05, 0.1) is 17.5 Å². The first-order valence-electron chi connectivity index (χ1n) is 5.80. The average molecular weight is 351 g/mol. The van der Waals surface area contributed by atoms with Crippen LogP contribution < -0.4 is 4.74 Å². The van der Waals surface area contributed by atoms with Gasteiger partial charge in [-0.3, -0.25) is 4.79 Å². The van der Waals surface area contributed by atoms with Crippen LogP contribution in [0, 0.1) is 0 Å². The maximum Gasteiger partial charge on any atom is 0.387 e. The lowest BCUT2D eigenvalue weighted by atomic mass is 10.1. The van der Waals surface area contributed by atoms with Gasteiger partial charge in [0, 0.05) is 12.0 Å². The van der Waals surface area contributed by atoms with Gasteiger partial charge in [0.15, 0.2) is 0 Å². The number of esters is 1. The second-order valence-electron chi connectivity index (χ2n) is 3.77. The SMILES string of the molecule is CCOC(=O)c1ccc(CC(=O)CBr)c(OC(F)F)c1. The van der Waals surface area contributed by atoms with Crippen molar-refractivity contribution < 1.29 is 27.8 Å². The quantitative estimate of drug-likeness (QED) is 0.560. The molecule has 1 aromatic carbocycles. The number of alkyl halides is 3. The zero-order chi connectivity index (χ0) is 15.1. The highest BCUT2D eigenvalue weighted by Crippen LogP contribution is 2.24. The topological polar surface area (TPSA) is 52.6 Å². The Morgan fingerprint density at radius 1 is 1.35 bits per heavy atom. The summed E-state index contributed by atoms with van der Waals surface area (Å²) in [5.41, 5.74) is 0.389. The molecular formula is C13H13BrF2O4. The van der Waals surface area contributed by atoms with Crippen LogP contribution in [0.15, 0.2) is 18.2 Å². The van der Waals surface area contributed by atoms with Crippen molar-refractivity contribution in [2.24, 2.45) is 0 Å². The Labute approximate surface area is 123 Å². The highest BCUT2D eigenvalue weighted by molar-refractivity contribution is 9.09. The highest BCUT2D eigenvalue weighted by atomic mass is 79.9. The van der Waals surface area contributed by atoms with Crippen LogP contribution in [0.3, 0.4) is 0 Å². The molecule has 0 saturated heterocycles. The standard InChI is InChI=1S/C13H13BrF2O4/c1-2-19-12(18)9-4-3-8(5-10(17)7-14)11(6-9)20-13(15)16/h3-4,6,13H,2,5,7H2,1H3. The summed E-state index contributed by atoms with van der Waals surface area (Å²) < 4.78 is 33.9. The zero-order valence-electron chi connectivity index (χ0n) is 10.7. The van der Waals surface area contributed by atoms with Gasteiger partial charge in [-0.2, -0.15) is 8.78 Å². The molecule has 0 amide bonds. The lowest BCUT2D eigenvalue weighted by molar-refractivity contribution is -0.116. The number of ketones is 1. The Morgan fingerprint density at radius 2 is 2.05 bits per heavy atom. The van der Waals surface area contributed by atoms with Crippen LogP contribution in [0.4, 0.5) is 8.78 Å². The van der Waals surface area contributed by atoms with Crippen LogP contribution in [0.25, 0.3) is 0 Å². The van der Waals surface area contributed by atoms with Crippen molar-refractivity contribution in [2.75, 3.05) is 11.9 Å². The summed E-state index contributed by atoms with van der Waals surface area (Å²) in [7, 11) is 0. The molecule has 0 spiro atoms. The van der Waals surface area contributed by atoms with Gasteiger partial charge < -0.3 is 9.47 Å². The van der Waals surface area contributed by atoms with E-state index >= 15 is 0 Å². The minimum atomic E-state index is -3.04. The molecule has 4 nitrogen and oxygen atoms in total. The molecule has 0 aliphatic heterocycles. The van der Waals surface area contributed by atoms with E-state index in [4.69, 9.17) is 4.74 Å². The molecule has 0 aromatic heterocycles. The van der Waals surface area contributed by atoms with Crippen molar-refractivity contribution in [1.29, 1.82) is 0 Å². The fraction of sp³-hybridized carbons (Fsp3) is 0.385. The molecule has 0 aliphatic rings. The fourth-order valence-electron chi connectivity index (χ4n) is 1.51. The third-order valence-electron chi connectivity index (χ3n) is 2.33. The summed E-state index contributed by atoms with van der Waals surface area (Å²) in [6, 6.07) is 3.97. The van der Waals surface area contributed by atoms with Crippen LogP contribution >= 0.6 is 15.9 Å². The molecule has 0 unspecified atom stereocenters.